The van der Waals surface area contributed by atoms with E-state index in [1.165, 1.54) is 18.6 Å². The maximum absolute atomic E-state index is 13.2. The van der Waals surface area contributed by atoms with Crippen LogP contribution in [0.1, 0.15) is 23.4 Å². The number of anilines is 3. The van der Waals surface area contributed by atoms with Crippen LogP contribution in [0, 0.1) is 19.7 Å². The summed E-state index contributed by atoms with van der Waals surface area (Å²) in [6.45, 7) is 6.67. The van der Waals surface area contributed by atoms with Crippen molar-refractivity contribution in [3.63, 3.8) is 0 Å². The van der Waals surface area contributed by atoms with Crippen LogP contribution in [0.3, 0.4) is 0 Å². The molecule has 3 aliphatic heterocycles. The third-order valence-corrected chi connectivity index (χ3v) is 6.77. The summed E-state index contributed by atoms with van der Waals surface area (Å²) in [5, 5.41) is 10.4. The number of aromatic amines is 1. The number of aromatic nitrogens is 5. The first-order valence-electron chi connectivity index (χ1n) is 11.9. The Balaban J connectivity index is 1.13. The molecule has 3 fully saturated rings. The van der Waals surface area contributed by atoms with Crippen LogP contribution in [0.5, 0.6) is 0 Å². The maximum atomic E-state index is 13.2. The highest BCUT2D eigenvalue weighted by Gasteiger charge is 2.44. The summed E-state index contributed by atoms with van der Waals surface area (Å²) in [4.78, 5) is 18.9. The average Bonchev–Trinajstić information content (AvgIpc) is 3.27. The van der Waals surface area contributed by atoms with Crippen LogP contribution < -0.4 is 10.2 Å². The first-order valence-corrected chi connectivity index (χ1v) is 11.9. The quantitative estimate of drug-likeness (QED) is 0.436. The number of piperidine rings is 1. The number of hydrogen-bond acceptors (Lipinski definition) is 7. The van der Waals surface area contributed by atoms with Crippen molar-refractivity contribution in [2.75, 3.05) is 23.3 Å². The maximum Gasteiger partial charge on any atom is 0.163 e. The predicted octanol–water partition coefficient (Wildman–Crippen LogP) is 4.22. The van der Waals surface area contributed by atoms with Crippen molar-refractivity contribution in [3.05, 3.63) is 77.5 Å². The molecule has 0 saturated carbocycles. The van der Waals surface area contributed by atoms with Gasteiger partial charge in [0.05, 0.1) is 0 Å². The molecular formula is C26H27FN8. The monoisotopic (exact) mass is 470 g/mol. The van der Waals surface area contributed by atoms with Gasteiger partial charge in [-0.3, -0.25) is 10.00 Å². The van der Waals surface area contributed by atoms with Gasteiger partial charge < -0.3 is 10.2 Å². The number of aryl methyl sites for hydroxylation is 2. The van der Waals surface area contributed by atoms with Crippen molar-refractivity contribution < 1.29 is 4.39 Å². The van der Waals surface area contributed by atoms with Crippen LogP contribution in [-0.4, -0.2) is 55.2 Å². The van der Waals surface area contributed by atoms with Gasteiger partial charge in [-0.1, -0.05) is 12.1 Å². The van der Waals surface area contributed by atoms with Crippen LogP contribution in [0.15, 0.2) is 54.7 Å². The zero-order chi connectivity index (χ0) is 23.9. The highest BCUT2D eigenvalue weighted by atomic mass is 19.1. The van der Waals surface area contributed by atoms with Gasteiger partial charge in [-0.25, -0.2) is 19.3 Å². The predicted molar refractivity (Wildman–Crippen MR) is 133 cm³/mol. The van der Waals surface area contributed by atoms with Crippen molar-refractivity contribution in [2.24, 2.45) is 0 Å². The second-order valence-electron chi connectivity index (χ2n) is 9.43. The normalized spacial score (nSPS) is 19.5. The molecule has 3 saturated heterocycles. The number of fused-ring (bicyclic) bond motifs is 2. The molecule has 35 heavy (non-hydrogen) atoms. The van der Waals surface area contributed by atoms with Gasteiger partial charge in [0, 0.05) is 67.0 Å². The van der Waals surface area contributed by atoms with Crippen molar-refractivity contribution >= 4 is 17.5 Å². The number of hydrogen-bond donors (Lipinski definition) is 2. The minimum atomic E-state index is -0.186. The van der Waals surface area contributed by atoms with E-state index < -0.39 is 0 Å². The molecule has 2 unspecified atom stereocenters. The molecule has 7 rings (SSSR count). The fourth-order valence-corrected chi connectivity index (χ4v) is 5.01. The molecule has 6 heterocycles. The summed E-state index contributed by atoms with van der Waals surface area (Å²) < 4.78 is 13.2. The number of piperazine rings is 1. The third kappa shape index (κ3) is 4.46. The number of pyridine rings is 1. The Hall–Kier alpha value is -3.85. The summed E-state index contributed by atoms with van der Waals surface area (Å²) in [6, 6.07) is 15.8. The van der Waals surface area contributed by atoms with Gasteiger partial charge in [-0.15, -0.1) is 0 Å². The molecule has 0 radical (unpaired) electrons. The molecule has 3 aliphatic rings. The molecular weight excluding hydrogens is 443 g/mol. The molecule has 178 valence electrons. The molecule has 0 aliphatic carbocycles. The van der Waals surface area contributed by atoms with Gasteiger partial charge in [0.1, 0.15) is 17.5 Å². The summed E-state index contributed by atoms with van der Waals surface area (Å²) >= 11 is 0. The molecule has 0 amide bonds. The molecule has 1 aromatic carbocycles. The SMILES string of the molecule is Cc1cc(Nc2cc(C)[nH]n2)nc(-c2ccc(N3CC4CC(C3)N4Cc3ccc(F)cc3)nc2)n1. The number of nitrogens with one attached hydrogen (secondary N) is 2. The molecule has 2 atom stereocenters. The molecule has 2 N–H and O–H groups in total. The fourth-order valence-electron chi connectivity index (χ4n) is 5.01. The van der Waals surface area contributed by atoms with Crippen molar-refractivity contribution in [1.82, 2.24) is 30.0 Å². The van der Waals surface area contributed by atoms with E-state index >= 15 is 0 Å². The minimum Gasteiger partial charge on any atom is -0.353 e. The van der Waals surface area contributed by atoms with Gasteiger partial charge in [0.25, 0.3) is 0 Å². The van der Waals surface area contributed by atoms with Crippen LogP contribution in [-0.2, 0) is 6.54 Å². The highest BCUT2D eigenvalue weighted by Crippen LogP contribution is 2.35. The van der Waals surface area contributed by atoms with E-state index in [1.54, 1.807) is 0 Å². The molecule has 2 bridgehead atoms. The Morgan fingerprint density at radius 1 is 1.00 bits per heavy atom. The van der Waals surface area contributed by atoms with Crippen LogP contribution in [0.4, 0.5) is 21.8 Å². The summed E-state index contributed by atoms with van der Waals surface area (Å²) in [5.74, 6) is 2.83. The van der Waals surface area contributed by atoms with E-state index in [1.807, 2.05) is 50.4 Å². The fraction of sp³-hybridized carbons (Fsp3) is 0.308. The largest absolute Gasteiger partial charge is 0.353 e. The van der Waals surface area contributed by atoms with E-state index in [0.717, 1.165) is 53.8 Å². The second kappa shape index (κ2) is 8.74. The summed E-state index contributed by atoms with van der Waals surface area (Å²) in [7, 11) is 0. The van der Waals surface area contributed by atoms with Crippen molar-refractivity contribution in [3.8, 4) is 11.4 Å². The van der Waals surface area contributed by atoms with E-state index in [2.05, 4.69) is 41.3 Å². The highest BCUT2D eigenvalue weighted by molar-refractivity contribution is 5.61. The molecule has 8 nitrogen and oxygen atoms in total. The van der Waals surface area contributed by atoms with Gasteiger partial charge in [-0.05, 0) is 50.1 Å². The third-order valence-electron chi connectivity index (χ3n) is 6.77. The number of halogens is 1. The van der Waals surface area contributed by atoms with Gasteiger partial charge >= 0.3 is 0 Å². The smallest absolute Gasteiger partial charge is 0.163 e. The first kappa shape index (κ1) is 21.7. The topological polar surface area (TPSA) is 85.9 Å². The van der Waals surface area contributed by atoms with E-state index in [-0.39, 0.29) is 5.82 Å². The lowest BCUT2D eigenvalue weighted by molar-refractivity contribution is -0.00869. The zero-order valence-electron chi connectivity index (χ0n) is 19.7. The lowest BCUT2D eigenvalue weighted by atomic mass is 9.86. The number of rotatable bonds is 6. The Labute approximate surface area is 203 Å². The Bertz CT molecular complexity index is 1320. The van der Waals surface area contributed by atoms with Crippen molar-refractivity contribution in [1.29, 1.82) is 0 Å². The van der Waals surface area contributed by atoms with Gasteiger partial charge in [-0.2, -0.15) is 5.10 Å². The summed E-state index contributed by atoms with van der Waals surface area (Å²) in [5.41, 5.74) is 3.88. The Morgan fingerprint density at radius 3 is 2.49 bits per heavy atom. The zero-order valence-corrected chi connectivity index (χ0v) is 19.7. The minimum absolute atomic E-state index is 0.186. The lowest BCUT2D eigenvalue weighted by Crippen LogP contribution is -2.68. The molecule has 4 aromatic rings. The van der Waals surface area contributed by atoms with Crippen LogP contribution in [0.25, 0.3) is 11.4 Å². The van der Waals surface area contributed by atoms with E-state index in [4.69, 9.17) is 4.98 Å². The summed E-state index contributed by atoms with van der Waals surface area (Å²) in [6.07, 6.45) is 3.06. The Kier molecular flexibility index (Phi) is 5.41. The van der Waals surface area contributed by atoms with Gasteiger partial charge in [0.15, 0.2) is 11.6 Å². The van der Waals surface area contributed by atoms with E-state index in [0.29, 0.717) is 23.7 Å². The standard InChI is InChI=1S/C26H27FN8/c1-16-9-23(30-24-10-17(2)32-33-24)31-26(29-16)19-5-8-25(28-12-19)34-14-21-11-22(15-34)35(21)13-18-3-6-20(27)7-4-18/h3-10,12,21-22H,11,13-15H2,1-2H3,(H2,29,30,31,32,33). The molecule has 0 spiro atoms. The first-order chi connectivity index (χ1) is 17.0. The number of nitrogens with zero attached hydrogens (tertiary/aromatic N) is 6. The number of benzene rings is 1. The second-order valence-corrected chi connectivity index (χ2v) is 9.43. The lowest BCUT2D eigenvalue weighted by Gasteiger charge is -2.56. The van der Waals surface area contributed by atoms with Crippen LogP contribution in [0.2, 0.25) is 0 Å². The molecule has 3 aromatic heterocycles. The van der Waals surface area contributed by atoms with Crippen LogP contribution >= 0.6 is 0 Å². The number of H-pyrrole nitrogens is 1. The Morgan fingerprint density at radius 2 is 1.80 bits per heavy atom. The van der Waals surface area contributed by atoms with Gasteiger partial charge in [0.2, 0.25) is 0 Å². The van der Waals surface area contributed by atoms with E-state index in [9.17, 15) is 4.39 Å². The average molecular weight is 471 g/mol. The van der Waals surface area contributed by atoms with Crippen molar-refractivity contribution in [2.45, 2.75) is 38.9 Å². The molecule has 9 heteroatoms.